The van der Waals surface area contributed by atoms with E-state index in [0.717, 1.165) is 5.56 Å². The van der Waals surface area contributed by atoms with E-state index in [2.05, 4.69) is 4.98 Å². The Morgan fingerprint density at radius 1 is 1.53 bits per heavy atom. The Hall–Kier alpha value is -0.750. The molecule has 0 spiro atoms. The molecule has 0 aliphatic carbocycles. The van der Waals surface area contributed by atoms with Crippen LogP contribution in [0.1, 0.15) is 5.56 Å². The zero-order valence-electron chi connectivity index (χ0n) is 8.51. The number of nitrogen functional groups attached to an aromatic ring is 1. The first kappa shape index (κ1) is 12.3. The van der Waals surface area contributed by atoms with Crippen LogP contribution in [-0.4, -0.2) is 31.2 Å². The molecule has 0 bridgehead atoms. The molecule has 0 saturated carbocycles. The van der Waals surface area contributed by atoms with Crippen LogP contribution in [0.3, 0.4) is 0 Å². The molecule has 0 fully saturated rings. The van der Waals surface area contributed by atoms with Gasteiger partial charge in [-0.05, 0) is 6.07 Å². The van der Waals surface area contributed by atoms with Crippen LogP contribution < -0.4 is 5.73 Å². The molecule has 0 aromatic carbocycles. The minimum atomic E-state index is -2.86. The molecule has 0 aliphatic heterocycles. The third kappa shape index (κ3) is 5.03. The van der Waals surface area contributed by atoms with Crippen molar-refractivity contribution in [1.82, 2.24) is 4.98 Å². The van der Waals surface area contributed by atoms with E-state index in [0.29, 0.717) is 17.3 Å². The van der Waals surface area contributed by atoms with Gasteiger partial charge >= 0.3 is 0 Å². The summed E-state index contributed by atoms with van der Waals surface area (Å²) in [6, 6.07) is 3.72. The Morgan fingerprint density at radius 3 is 2.87 bits per heavy atom. The number of nitrogens with two attached hydrogens (primary N) is 1. The molecule has 2 N–H and O–H groups in total. The highest BCUT2D eigenvalue weighted by molar-refractivity contribution is 7.99. The standard InChI is InChI=1S/C9H14N2O2S2/c1-15(12,13)6-5-14-7-8-3-2-4-11-9(8)10/h2-4H,5-7H2,1H3,(H2,10,11). The summed E-state index contributed by atoms with van der Waals surface area (Å²) >= 11 is 1.55. The summed E-state index contributed by atoms with van der Waals surface area (Å²) in [6.45, 7) is 0. The van der Waals surface area contributed by atoms with E-state index in [9.17, 15) is 8.42 Å². The first-order chi connectivity index (χ1) is 6.99. The van der Waals surface area contributed by atoms with Crippen LogP contribution in [0.2, 0.25) is 0 Å². The van der Waals surface area contributed by atoms with Crippen LogP contribution >= 0.6 is 11.8 Å². The second-order valence-corrected chi connectivity index (χ2v) is 6.60. The second-order valence-electron chi connectivity index (χ2n) is 3.23. The normalized spacial score (nSPS) is 11.5. The Kier molecular flexibility index (Phi) is 4.41. The predicted molar refractivity (Wildman–Crippen MR) is 64.5 cm³/mol. The third-order valence-electron chi connectivity index (χ3n) is 1.78. The van der Waals surface area contributed by atoms with E-state index < -0.39 is 9.84 Å². The van der Waals surface area contributed by atoms with Gasteiger partial charge in [-0.3, -0.25) is 0 Å². The number of nitrogens with zero attached hydrogens (tertiary/aromatic N) is 1. The minimum absolute atomic E-state index is 0.206. The fourth-order valence-electron chi connectivity index (χ4n) is 0.965. The van der Waals surface area contributed by atoms with Crippen LogP contribution in [0.15, 0.2) is 18.3 Å². The Bertz CT molecular complexity index is 418. The minimum Gasteiger partial charge on any atom is -0.383 e. The summed E-state index contributed by atoms with van der Waals surface area (Å²) in [5.41, 5.74) is 6.60. The van der Waals surface area contributed by atoms with Gasteiger partial charge in [-0.1, -0.05) is 6.07 Å². The van der Waals surface area contributed by atoms with Gasteiger partial charge in [-0.2, -0.15) is 11.8 Å². The van der Waals surface area contributed by atoms with Gasteiger partial charge in [0.05, 0.1) is 5.75 Å². The zero-order valence-corrected chi connectivity index (χ0v) is 10.1. The van der Waals surface area contributed by atoms with E-state index in [1.807, 2.05) is 12.1 Å². The number of hydrogen-bond donors (Lipinski definition) is 1. The molecule has 1 aromatic heterocycles. The smallest absolute Gasteiger partial charge is 0.148 e. The molecule has 0 saturated heterocycles. The highest BCUT2D eigenvalue weighted by Crippen LogP contribution is 2.16. The van der Waals surface area contributed by atoms with Gasteiger partial charge in [0.15, 0.2) is 0 Å². The largest absolute Gasteiger partial charge is 0.383 e. The number of anilines is 1. The molecular weight excluding hydrogens is 232 g/mol. The van der Waals surface area contributed by atoms with E-state index in [1.165, 1.54) is 6.26 Å². The molecule has 15 heavy (non-hydrogen) atoms. The van der Waals surface area contributed by atoms with Gasteiger partial charge in [0.25, 0.3) is 0 Å². The van der Waals surface area contributed by atoms with Crippen molar-refractivity contribution in [2.45, 2.75) is 5.75 Å². The van der Waals surface area contributed by atoms with E-state index in [-0.39, 0.29) is 5.75 Å². The molecule has 1 heterocycles. The molecule has 1 aromatic rings. The number of rotatable bonds is 5. The Labute approximate surface area is 94.2 Å². The van der Waals surface area contributed by atoms with Crippen molar-refractivity contribution in [2.24, 2.45) is 0 Å². The quantitative estimate of drug-likeness (QED) is 0.783. The summed E-state index contributed by atoms with van der Waals surface area (Å²) in [5, 5.41) is 0. The fourth-order valence-corrected chi connectivity index (χ4v) is 3.26. The Balaban J connectivity index is 2.36. The van der Waals surface area contributed by atoms with Gasteiger partial charge in [-0.25, -0.2) is 13.4 Å². The number of pyridine rings is 1. The van der Waals surface area contributed by atoms with Crippen molar-refractivity contribution in [3.63, 3.8) is 0 Å². The highest BCUT2D eigenvalue weighted by atomic mass is 32.2. The first-order valence-corrected chi connectivity index (χ1v) is 7.65. The molecule has 4 nitrogen and oxygen atoms in total. The lowest BCUT2D eigenvalue weighted by atomic mass is 10.3. The fraction of sp³-hybridized carbons (Fsp3) is 0.444. The van der Waals surface area contributed by atoms with Gasteiger partial charge in [0.1, 0.15) is 15.7 Å². The van der Waals surface area contributed by atoms with Crippen molar-refractivity contribution >= 4 is 27.4 Å². The van der Waals surface area contributed by atoms with Crippen molar-refractivity contribution in [2.75, 3.05) is 23.5 Å². The monoisotopic (exact) mass is 246 g/mol. The summed E-state index contributed by atoms with van der Waals surface area (Å²) in [7, 11) is -2.86. The van der Waals surface area contributed by atoms with Crippen molar-refractivity contribution in [1.29, 1.82) is 0 Å². The molecule has 0 aliphatic rings. The second kappa shape index (κ2) is 5.37. The molecule has 0 amide bonds. The number of aromatic nitrogens is 1. The summed E-state index contributed by atoms with van der Waals surface area (Å²) in [5.74, 6) is 2.02. The van der Waals surface area contributed by atoms with Crippen molar-refractivity contribution in [3.8, 4) is 0 Å². The average molecular weight is 246 g/mol. The van der Waals surface area contributed by atoms with E-state index >= 15 is 0 Å². The SMILES string of the molecule is CS(=O)(=O)CCSCc1cccnc1N. The molecule has 1 rings (SSSR count). The summed E-state index contributed by atoms with van der Waals surface area (Å²) < 4.78 is 21.7. The lowest BCUT2D eigenvalue weighted by molar-refractivity contribution is 0.603. The average Bonchev–Trinajstić information content (AvgIpc) is 2.13. The number of sulfone groups is 1. The van der Waals surface area contributed by atoms with Crippen LogP contribution in [0, 0.1) is 0 Å². The summed E-state index contributed by atoms with van der Waals surface area (Å²) in [4.78, 5) is 3.95. The lowest BCUT2D eigenvalue weighted by Crippen LogP contribution is -2.05. The molecule has 84 valence electrons. The zero-order chi connectivity index (χ0) is 11.3. The van der Waals surface area contributed by atoms with Crippen LogP contribution in [0.4, 0.5) is 5.82 Å². The van der Waals surface area contributed by atoms with Crippen LogP contribution in [0.5, 0.6) is 0 Å². The van der Waals surface area contributed by atoms with E-state index in [4.69, 9.17) is 5.73 Å². The van der Waals surface area contributed by atoms with Gasteiger partial charge < -0.3 is 5.73 Å². The number of thioether (sulfide) groups is 1. The van der Waals surface area contributed by atoms with Gasteiger partial charge in [-0.15, -0.1) is 0 Å². The Morgan fingerprint density at radius 2 is 2.27 bits per heavy atom. The molecule has 0 unspecified atom stereocenters. The maximum Gasteiger partial charge on any atom is 0.148 e. The summed E-state index contributed by atoms with van der Waals surface area (Å²) in [6.07, 6.45) is 2.88. The third-order valence-corrected chi connectivity index (χ3v) is 3.99. The first-order valence-electron chi connectivity index (χ1n) is 4.44. The van der Waals surface area contributed by atoms with Crippen LogP contribution in [-0.2, 0) is 15.6 Å². The van der Waals surface area contributed by atoms with Gasteiger partial charge in [0.2, 0.25) is 0 Å². The maximum absolute atomic E-state index is 10.9. The maximum atomic E-state index is 10.9. The number of hydrogen-bond acceptors (Lipinski definition) is 5. The van der Waals surface area contributed by atoms with E-state index in [1.54, 1.807) is 18.0 Å². The molecular formula is C9H14N2O2S2. The predicted octanol–water partition coefficient (Wildman–Crippen LogP) is 0.942. The molecule has 6 heteroatoms. The van der Waals surface area contributed by atoms with Crippen molar-refractivity contribution in [3.05, 3.63) is 23.9 Å². The molecule has 0 radical (unpaired) electrons. The topological polar surface area (TPSA) is 73.0 Å². The lowest BCUT2D eigenvalue weighted by Gasteiger charge is -2.03. The molecule has 0 atom stereocenters. The highest BCUT2D eigenvalue weighted by Gasteiger charge is 2.03. The van der Waals surface area contributed by atoms with Crippen molar-refractivity contribution < 1.29 is 8.42 Å². The van der Waals surface area contributed by atoms with Gasteiger partial charge in [0, 0.05) is 29.5 Å². The van der Waals surface area contributed by atoms with Crippen LogP contribution in [0.25, 0.3) is 0 Å².